The van der Waals surface area contributed by atoms with Gasteiger partial charge in [-0.05, 0) is 42.9 Å². The van der Waals surface area contributed by atoms with Crippen LogP contribution >= 0.6 is 0 Å². The summed E-state index contributed by atoms with van der Waals surface area (Å²) in [4.78, 5) is 15.8. The average molecular weight is 490 g/mol. The maximum Gasteiger partial charge on any atom is 1.00 e. The Morgan fingerprint density at radius 3 is 2.33 bits per heavy atom. The van der Waals surface area contributed by atoms with E-state index >= 15 is 0 Å². The van der Waals surface area contributed by atoms with Gasteiger partial charge in [-0.3, -0.25) is 0 Å². The van der Waals surface area contributed by atoms with Crippen LogP contribution in [0.15, 0.2) is 89.3 Å². The van der Waals surface area contributed by atoms with E-state index in [2.05, 4.69) is 30.3 Å². The van der Waals surface area contributed by atoms with Gasteiger partial charge in [-0.25, -0.2) is 4.98 Å². The summed E-state index contributed by atoms with van der Waals surface area (Å²) >= 11 is 0. The molecule has 0 aliphatic heterocycles. The Morgan fingerprint density at radius 1 is 0.917 bits per heavy atom. The molecule has 1 fully saturated rings. The van der Waals surface area contributed by atoms with E-state index in [0.29, 0.717) is 11.7 Å². The van der Waals surface area contributed by atoms with Crippen molar-refractivity contribution >= 4 is 5.97 Å². The van der Waals surface area contributed by atoms with Crippen LogP contribution in [0.1, 0.15) is 43.1 Å². The topological polar surface area (TPSA) is 75.4 Å². The molecule has 1 aromatic heterocycles. The summed E-state index contributed by atoms with van der Waals surface area (Å²) in [6.45, 7) is -0.448. The van der Waals surface area contributed by atoms with Crippen molar-refractivity contribution in [1.82, 2.24) is 4.98 Å². The van der Waals surface area contributed by atoms with Crippen LogP contribution in [0.4, 0.5) is 0 Å². The minimum absolute atomic E-state index is 0. The van der Waals surface area contributed by atoms with Gasteiger partial charge in [0, 0.05) is 17.0 Å². The van der Waals surface area contributed by atoms with Gasteiger partial charge in [0.1, 0.15) is 18.1 Å². The summed E-state index contributed by atoms with van der Waals surface area (Å²) in [7, 11) is 0. The van der Waals surface area contributed by atoms with E-state index in [-0.39, 0.29) is 35.5 Å². The second-order valence-corrected chi connectivity index (χ2v) is 9.13. The third kappa shape index (κ3) is 6.28. The average Bonchev–Trinajstić information content (AvgIpc) is 3.34. The van der Waals surface area contributed by atoms with Crippen LogP contribution < -0.4 is 39.4 Å². The molecule has 6 heteroatoms. The summed E-state index contributed by atoms with van der Waals surface area (Å²) < 4.78 is 11.9. The molecule has 0 amide bonds. The number of ether oxygens (including phenoxy) is 1. The Kier molecular flexibility index (Phi) is 9.03. The van der Waals surface area contributed by atoms with Gasteiger partial charge in [-0.1, -0.05) is 85.6 Å². The third-order valence-electron chi connectivity index (χ3n) is 6.71. The Hall–Kier alpha value is -2.86. The Balaban J connectivity index is 0.00000304. The number of carbonyl (C=O) groups is 1. The molecule has 3 aromatic carbocycles. The fourth-order valence-corrected chi connectivity index (χ4v) is 5.06. The molecular formula is C30H28NNaO4. The minimum atomic E-state index is -1.23. The summed E-state index contributed by atoms with van der Waals surface area (Å²) in [6.07, 6.45) is 5.32. The van der Waals surface area contributed by atoms with Crippen molar-refractivity contribution in [3.63, 3.8) is 0 Å². The number of hydrogen-bond donors (Lipinski definition) is 0. The van der Waals surface area contributed by atoms with E-state index in [1.54, 1.807) is 6.07 Å². The normalized spacial score (nSPS) is 17.2. The number of carboxylic acid groups (broad SMARTS) is 1. The van der Waals surface area contributed by atoms with Gasteiger partial charge in [0.2, 0.25) is 0 Å². The van der Waals surface area contributed by atoms with Gasteiger partial charge >= 0.3 is 29.6 Å². The number of aromatic nitrogens is 1. The van der Waals surface area contributed by atoms with Crippen molar-refractivity contribution in [2.45, 2.75) is 38.0 Å². The van der Waals surface area contributed by atoms with Crippen LogP contribution in [0.3, 0.4) is 0 Å². The quantitative estimate of drug-likeness (QED) is 0.356. The molecule has 1 aliphatic carbocycles. The number of nitrogens with zero attached hydrogens (tertiary/aromatic N) is 1. The summed E-state index contributed by atoms with van der Waals surface area (Å²) in [5.41, 5.74) is 4.08. The number of aliphatic carboxylic acids is 1. The molecule has 36 heavy (non-hydrogen) atoms. The van der Waals surface area contributed by atoms with Crippen LogP contribution in [0.5, 0.6) is 5.75 Å². The Morgan fingerprint density at radius 2 is 1.61 bits per heavy atom. The zero-order valence-corrected chi connectivity index (χ0v) is 22.6. The van der Waals surface area contributed by atoms with Gasteiger partial charge in [0.15, 0.2) is 11.7 Å². The Bertz CT molecular complexity index is 1220. The van der Waals surface area contributed by atoms with Crippen LogP contribution in [0, 0.1) is 5.92 Å². The smallest absolute Gasteiger partial charge is 0.546 e. The number of benzene rings is 3. The van der Waals surface area contributed by atoms with Crippen LogP contribution in [-0.4, -0.2) is 17.6 Å². The number of carbonyl (C=O) groups excluding carboxylic acids is 1. The van der Waals surface area contributed by atoms with E-state index in [1.165, 1.54) is 6.42 Å². The molecule has 1 aliphatic rings. The minimum Gasteiger partial charge on any atom is -0.546 e. The first-order valence-electron chi connectivity index (χ1n) is 12.2. The van der Waals surface area contributed by atoms with Crippen molar-refractivity contribution in [2.75, 3.05) is 6.61 Å². The zero-order valence-electron chi connectivity index (χ0n) is 20.6. The molecule has 0 saturated heterocycles. The van der Waals surface area contributed by atoms with E-state index < -0.39 is 12.6 Å². The van der Waals surface area contributed by atoms with E-state index in [4.69, 9.17) is 14.1 Å². The molecular weight excluding hydrogens is 461 g/mol. The summed E-state index contributed by atoms with van der Waals surface area (Å²) in [5.74, 6) is 1.54. The number of rotatable bonds is 8. The molecule has 5 nitrogen and oxygen atoms in total. The SMILES string of the molecule is O=C([O-])COc1cccc(C[C@@H]2CCCC[C@@H]2c2nc(-c3ccccc3)c(-c3ccccc3)o2)c1.[Na+]. The molecule has 5 rings (SSSR count). The van der Waals surface area contributed by atoms with Gasteiger partial charge < -0.3 is 19.1 Å². The summed E-state index contributed by atoms with van der Waals surface area (Å²) in [5, 5.41) is 10.8. The molecule has 178 valence electrons. The molecule has 0 bridgehead atoms. The fourth-order valence-electron chi connectivity index (χ4n) is 5.06. The van der Waals surface area contributed by atoms with Crippen molar-refractivity contribution in [3.05, 3.63) is 96.4 Å². The van der Waals surface area contributed by atoms with Crippen molar-refractivity contribution in [3.8, 4) is 28.3 Å². The number of oxazole rings is 1. The predicted octanol–water partition coefficient (Wildman–Crippen LogP) is 2.66. The standard InChI is InChI=1S/C30H29NO4.Na/c32-27(33)20-34-25-16-9-10-21(19-25)18-24-15-7-8-17-26(24)30-31-28(22-11-3-1-4-12-22)29(35-30)23-13-5-2-6-14-23;/h1-6,9-14,16,19,24,26H,7-8,15,17-18,20H2,(H,32,33);/q;+1/p-1/t24-,26-;/m0./s1. The zero-order chi connectivity index (χ0) is 24.0. The van der Waals surface area contributed by atoms with Crippen LogP contribution in [0.2, 0.25) is 0 Å². The van der Waals surface area contributed by atoms with E-state index in [9.17, 15) is 9.90 Å². The van der Waals surface area contributed by atoms with Crippen molar-refractivity contribution in [2.24, 2.45) is 5.92 Å². The monoisotopic (exact) mass is 489 g/mol. The van der Waals surface area contributed by atoms with Gasteiger partial charge in [-0.2, -0.15) is 0 Å². The molecule has 1 saturated carbocycles. The van der Waals surface area contributed by atoms with Crippen LogP contribution in [-0.2, 0) is 11.2 Å². The van der Waals surface area contributed by atoms with Crippen LogP contribution in [0.25, 0.3) is 22.6 Å². The molecule has 0 spiro atoms. The summed E-state index contributed by atoms with van der Waals surface area (Å²) in [6, 6.07) is 28.0. The van der Waals surface area contributed by atoms with E-state index in [1.807, 2.05) is 48.5 Å². The Labute approximate surface area is 233 Å². The predicted molar refractivity (Wildman–Crippen MR) is 133 cm³/mol. The second-order valence-electron chi connectivity index (χ2n) is 9.13. The van der Waals surface area contributed by atoms with Crippen molar-refractivity contribution < 1.29 is 48.6 Å². The van der Waals surface area contributed by atoms with E-state index in [0.717, 1.165) is 59.7 Å². The largest absolute Gasteiger partial charge is 1.00 e. The second kappa shape index (κ2) is 12.4. The number of carboxylic acids is 1. The maximum atomic E-state index is 10.8. The first-order chi connectivity index (χ1) is 17.2. The van der Waals surface area contributed by atoms with Gasteiger partial charge in [0.25, 0.3) is 0 Å². The molecule has 0 unspecified atom stereocenters. The van der Waals surface area contributed by atoms with Gasteiger partial charge in [-0.15, -0.1) is 0 Å². The molecule has 4 aromatic rings. The molecule has 0 N–H and O–H groups in total. The van der Waals surface area contributed by atoms with Crippen molar-refractivity contribution in [1.29, 1.82) is 0 Å². The third-order valence-corrected chi connectivity index (χ3v) is 6.71. The van der Waals surface area contributed by atoms with Gasteiger partial charge in [0.05, 0.1) is 5.97 Å². The fraction of sp³-hybridized carbons (Fsp3) is 0.267. The number of hydrogen-bond acceptors (Lipinski definition) is 5. The first kappa shape index (κ1) is 26.2. The first-order valence-corrected chi connectivity index (χ1v) is 12.2. The molecule has 0 radical (unpaired) electrons. The maximum absolute atomic E-state index is 10.8. The molecule has 2 atom stereocenters. The molecule has 1 heterocycles.